The molecule has 1 amide bonds. The van der Waals surface area contributed by atoms with Crippen molar-refractivity contribution in [2.45, 2.75) is 25.5 Å². The summed E-state index contributed by atoms with van der Waals surface area (Å²) in [7, 11) is 0. The number of aliphatic hydroxyl groups is 1. The molecule has 7 heteroatoms. The van der Waals surface area contributed by atoms with E-state index in [1.54, 1.807) is 0 Å². The van der Waals surface area contributed by atoms with E-state index in [-0.39, 0.29) is 5.75 Å². The van der Waals surface area contributed by atoms with Gasteiger partial charge in [-0.2, -0.15) is 0 Å². The Morgan fingerprint density at radius 3 is 2.35 bits per heavy atom. The van der Waals surface area contributed by atoms with Crippen molar-refractivity contribution in [2.75, 3.05) is 6.61 Å². The standard InChI is InChI=1S/C13H16FNO5/c1-13(2,12(19)15-10(7-16)11(17)18)20-9-5-3-8(14)4-6-9/h3-6,10,16H,7H2,1-2H3,(H,15,19)(H,17,18)/t10-/m0/s1. The third kappa shape index (κ3) is 4.20. The molecule has 0 aliphatic carbocycles. The summed E-state index contributed by atoms with van der Waals surface area (Å²) in [6.45, 7) is 2.14. The summed E-state index contributed by atoms with van der Waals surface area (Å²) in [5.41, 5.74) is -1.37. The van der Waals surface area contributed by atoms with Crippen LogP contribution in [0, 0.1) is 5.82 Å². The maximum Gasteiger partial charge on any atom is 0.328 e. The molecule has 6 nitrogen and oxygen atoms in total. The third-order valence-corrected chi connectivity index (χ3v) is 2.52. The van der Waals surface area contributed by atoms with E-state index < -0.39 is 35.9 Å². The fourth-order valence-electron chi connectivity index (χ4n) is 1.36. The second-order valence-electron chi connectivity index (χ2n) is 4.61. The molecule has 3 N–H and O–H groups in total. The molecule has 1 aromatic carbocycles. The van der Waals surface area contributed by atoms with Crippen LogP contribution < -0.4 is 10.1 Å². The first-order valence-electron chi connectivity index (χ1n) is 5.85. The van der Waals surface area contributed by atoms with Crippen LogP contribution in [0.3, 0.4) is 0 Å². The monoisotopic (exact) mass is 285 g/mol. The van der Waals surface area contributed by atoms with Gasteiger partial charge < -0.3 is 20.3 Å². The summed E-state index contributed by atoms with van der Waals surface area (Å²) in [5.74, 6) is -2.23. The van der Waals surface area contributed by atoms with Gasteiger partial charge in [-0.15, -0.1) is 0 Å². The predicted molar refractivity (Wildman–Crippen MR) is 67.8 cm³/mol. The van der Waals surface area contributed by atoms with Crippen molar-refractivity contribution < 1.29 is 28.9 Å². The van der Waals surface area contributed by atoms with Gasteiger partial charge in [-0.05, 0) is 38.1 Å². The third-order valence-electron chi connectivity index (χ3n) is 2.52. The van der Waals surface area contributed by atoms with E-state index >= 15 is 0 Å². The van der Waals surface area contributed by atoms with Crippen LogP contribution in [0.5, 0.6) is 5.75 Å². The van der Waals surface area contributed by atoms with Crippen LogP contribution in [0.1, 0.15) is 13.8 Å². The van der Waals surface area contributed by atoms with Gasteiger partial charge in [-0.25, -0.2) is 9.18 Å². The van der Waals surface area contributed by atoms with Gasteiger partial charge >= 0.3 is 5.97 Å². The largest absolute Gasteiger partial charge is 0.480 e. The van der Waals surface area contributed by atoms with E-state index in [4.69, 9.17) is 14.9 Å². The van der Waals surface area contributed by atoms with E-state index in [2.05, 4.69) is 5.32 Å². The van der Waals surface area contributed by atoms with E-state index in [1.165, 1.54) is 38.1 Å². The molecule has 0 bridgehead atoms. The maximum absolute atomic E-state index is 12.8. The molecule has 0 saturated carbocycles. The average Bonchev–Trinajstić information content (AvgIpc) is 2.37. The Kier molecular flexibility index (Phi) is 5.04. The number of hydrogen-bond donors (Lipinski definition) is 3. The van der Waals surface area contributed by atoms with E-state index in [9.17, 15) is 14.0 Å². The minimum absolute atomic E-state index is 0.266. The maximum atomic E-state index is 12.8. The van der Waals surface area contributed by atoms with Crippen LogP contribution in [0.25, 0.3) is 0 Å². The summed E-state index contributed by atoms with van der Waals surface area (Å²) >= 11 is 0. The van der Waals surface area contributed by atoms with Crippen molar-refractivity contribution in [3.63, 3.8) is 0 Å². The molecular formula is C13H16FNO5. The minimum Gasteiger partial charge on any atom is -0.480 e. The summed E-state index contributed by atoms with van der Waals surface area (Å²) in [4.78, 5) is 22.7. The summed E-state index contributed by atoms with van der Waals surface area (Å²) < 4.78 is 18.1. The van der Waals surface area contributed by atoms with Gasteiger partial charge in [0.2, 0.25) is 0 Å². The number of halogens is 1. The number of hydrogen-bond acceptors (Lipinski definition) is 4. The van der Waals surface area contributed by atoms with Crippen LogP contribution in [-0.2, 0) is 9.59 Å². The molecule has 0 saturated heterocycles. The first-order valence-corrected chi connectivity index (χ1v) is 5.85. The van der Waals surface area contributed by atoms with Crippen LogP contribution in [-0.4, -0.2) is 40.3 Å². The zero-order valence-corrected chi connectivity index (χ0v) is 11.1. The first kappa shape index (κ1) is 15.9. The molecule has 0 aromatic heterocycles. The lowest BCUT2D eigenvalue weighted by atomic mass is 10.1. The Morgan fingerprint density at radius 2 is 1.90 bits per heavy atom. The molecule has 20 heavy (non-hydrogen) atoms. The Morgan fingerprint density at radius 1 is 1.35 bits per heavy atom. The topological polar surface area (TPSA) is 95.9 Å². The molecule has 1 atom stereocenters. The van der Waals surface area contributed by atoms with Gasteiger partial charge in [-0.3, -0.25) is 4.79 Å². The second-order valence-corrected chi connectivity index (χ2v) is 4.61. The summed E-state index contributed by atoms with van der Waals surface area (Å²) in [6.07, 6.45) is 0. The Hall–Kier alpha value is -2.15. The lowest BCUT2D eigenvalue weighted by Crippen LogP contribution is -2.53. The number of carboxylic acids is 1. The number of benzene rings is 1. The van der Waals surface area contributed by atoms with E-state index in [0.29, 0.717) is 0 Å². The van der Waals surface area contributed by atoms with Crippen LogP contribution in [0.4, 0.5) is 4.39 Å². The molecule has 0 radical (unpaired) electrons. The van der Waals surface area contributed by atoms with Crippen molar-refractivity contribution in [1.29, 1.82) is 0 Å². The number of carbonyl (C=O) groups is 2. The lowest BCUT2D eigenvalue weighted by molar-refractivity contribution is -0.146. The quantitative estimate of drug-likeness (QED) is 0.709. The second kappa shape index (κ2) is 6.33. The van der Waals surface area contributed by atoms with E-state index in [0.717, 1.165) is 0 Å². The molecule has 110 valence electrons. The van der Waals surface area contributed by atoms with Crippen molar-refractivity contribution >= 4 is 11.9 Å². The Balaban J connectivity index is 2.74. The van der Waals surface area contributed by atoms with Crippen molar-refractivity contribution in [2.24, 2.45) is 0 Å². The Bertz CT molecular complexity index is 486. The zero-order chi connectivity index (χ0) is 15.3. The SMILES string of the molecule is CC(C)(Oc1ccc(F)cc1)C(=O)N[C@@H](CO)C(=O)O. The number of carbonyl (C=O) groups excluding carboxylic acids is 1. The highest BCUT2D eigenvalue weighted by atomic mass is 19.1. The normalized spacial score (nSPS) is 12.6. The number of rotatable bonds is 6. The van der Waals surface area contributed by atoms with Crippen LogP contribution >= 0.6 is 0 Å². The fraction of sp³-hybridized carbons (Fsp3) is 0.385. The molecule has 1 aromatic rings. The molecule has 0 spiro atoms. The van der Waals surface area contributed by atoms with Crippen molar-refractivity contribution in [1.82, 2.24) is 5.32 Å². The van der Waals surface area contributed by atoms with Gasteiger partial charge in [0, 0.05) is 0 Å². The molecule has 0 aliphatic rings. The van der Waals surface area contributed by atoms with Gasteiger partial charge in [0.1, 0.15) is 17.6 Å². The average molecular weight is 285 g/mol. The molecule has 0 unspecified atom stereocenters. The van der Waals surface area contributed by atoms with Gasteiger partial charge in [0.05, 0.1) is 6.61 Å². The molecule has 0 heterocycles. The fourth-order valence-corrected chi connectivity index (χ4v) is 1.36. The van der Waals surface area contributed by atoms with Crippen LogP contribution in [0.2, 0.25) is 0 Å². The number of carboxylic acid groups (broad SMARTS) is 1. The molecular weight excluding hydrogens is 269 g/mol. The van der Waals surface area contributed by atoms with Gasteiger partial charge in [0.25, 0.3) is 5.91 Å². The molecule has 0 aliphatic heterocycles. The highest BCUT2D eigenvalue weighted by molar-refractivity contribution is 5.89. The number of amides is 1. The van der Waals surface area contributed by atoms with Gasteiger partial charge in [-0.1, -0.05) is 0 Å². The first-order chi connectivity index (χ1) is 9.26. The van der Waals surface area contributed by atoms with Crippen molar-refractivity contribution in [3.8, 4) is 5.75 Å². The molecule has 1 rings (SSSR count). The number of aliphatic hydroxyl groups excluding tert-OH is 1. The minimum atomic E-state index is -1.40. The lowest BCUT2D eigenvalue weighted by Gasteiger charge is -2.26. The van der Waals surface area contributed by atoms with Crippen LogP contribution in [0.15, 0.2) is 24.3 Å². The number of aliphatic carboxylic acids is 1. The van der Waals surface area contributed by atoms with Crippen molar-refractivity contribution in [3.05, 3.63) is 30.1 Å². The predicted octanol–water partition coefficient (Wildman–Crippen LogP) is 0.545. The Labute approximate surface area is 115 Å². The smallest absolute Gasteiger partial charge is 0.328 e. The number of ether oxygens (including phenoxy) is 1. The van der Waals surface area contributed by atoms with Gasteiger partial charge in [0.15, 0.2) is 5.60 Å². The number of nitrogens with one attached hydrogen (secondary N) is 1. The summed E-state index contributed by atoms with van der Waals surface area (Å²) in [6, 6.07) is 3.66. The summed E-state index contributed by atoms with van der Waals surface area (Å²) in [5, 5.41) is 19.8. The zero-order valence-electron chi connectivity index (χ0n) is 11.1. The highest BCUT2D eigenvalue weighted by Gasteiger charge is 2.33. The highest BCUT2D eigenvalue weighted by Crippen LogP contribution is 2.19. The van der Waals surface area contributed by atoms with E-state index in [1.807, 2.05) is 0 Å². The molecule has 0 fully saturated rings.